The lowest BCUT2D eigenvalue weighted by Gasteiger charge is -2.29. The molecule has 0 aliphatic carbocycles. The highest BCUT2D eigenvalue weighted by Gasteiger charge is 2.39. The summed E-state index contributed by atoms with van der Waals surface area (Å²) >= 11 is 0. The molecule has 2 saturated heterocycles. The third-order valence-corrected chi connectivity index (χ3v) is 5.33. The fraction of sp³-hybridized carbons (Fsp3) is 0.526. The molecule has 4 rings (SSSR count). The molecule has 1 aromatic rings. The van der Waals surface area contributed by atoms with Crippen LogP contribution in [0.15, 0.2) is 18.2 Å². The lowest BCUT2D eigenvalue weighted by atomic mass is 10.0. The van der Waals surface area contributed by atoms with Crippen LogP contribution in [0.25, 0.3) is 0 Å². The van der Waals surface area contributed by atoms with Crippen molar-refractivity contribution in [3.8, 4) is 0 Å². The third-order valence-electron chi connectivity index (χ3n) is 5.33. The molecular formula is C19H24N4O4. The average molecular weight is 372 g/mol. The van der Waals surface area contributed by atoms with Crippen molar-refractivity contribution >= 4 is 17.7 Å². The monoisotopic (exact) mass is 372 g/mol. The summed E-state index contributed by atoms with van der Waals surface area (Å²) in [7, 11) is 0. The maximum atomic E-state index is 13.0. The van der Waals surface area contributed by atoms with Crippen molar-refractivity contribution in [2.75, 3.05) is 26.2 Å². The largest absolute Gasteiger partial charge is 0.374 e. The minimum absolute atomic E-state index is 0.131. The Bertz CT molecular complexity index is 760. The van der Waals surface area contributed by atoms with Crippen molar-refractivity contribution in [3.63, 3.8) is 0 Å². The number of hydrogen-bond acceptors (Lipinski definition) is 6. The third kappa shape index (κ3) is 3.73. The smallest absolute Gasteiger partial charge is 0.255 e. The second-order valence-electron chi connectivity index (χ2n) is 7.18. The van der Waals surface area contributed by atoms with Gasteiger partial charge in [-0.1, -0.05) is 18.2 Å². The van der Waals surface area contributed by atoms with E-state index in [0.29, 0.717) is 38.2 Å². The standard InChI is InChI=1S/C19H24N4O4/c24-16-5-4-15(18(25)22-16)23-11-13-3-1-2-12(17(13)19(23)26)8-21-10-14-9-20-6-7-27-14/h1-3,14-15,20-21H,4-11H2,(H,22,24,25). The highest BCUT2D eigenvalue weighted by Crippen LogP contribution is 2.29. The summed E-state index contributed by atoms with van der Waals surface area (Å²) in [6, 6.07) is 5.23. The van der Waals surface area contributed by atoms with Gasteiger partial charge in [0.25, 0.3) is 5.91 Å². The maximum absolute atomic E-state index is 13.0. The highest BCUT2D eigenvalue weighted by atomic mass is 16.5. The van der Waals surface area contributed by atoms with Gasteiger partial charge >= 0.3 is 0 Å². The van der Waals surface area contributed by atoms with Crippen LogP contribution in [0.1, 0.15) is 34.3 Å². The van der Waals surface area contributed by atoms with E-state index in [-0.39, 0.29) is 30.2 Å². The second kappa shape index (κ2) is 7.75. The van der Waals surface area contributed by atoms with Crippen LogP contribution in [0.3, 0.4) is 0 Å². The number of rotatable bonds is 5. The number of piperidine rings is 1. The summed E-state index contributed by atoms with van der Waals surface area (Å²) in [4.78, 5) is 38.1. The minimum Gasteiger partial charge on any atom is -0.374 e. The molecule has 2 fully saturated rings. The van der Waals surface area contributed by atoms with E-state index in [2.05, 4.69) is 16.0 Å². The Morgan fingerprint density at radius 3 is 2.93 bits per heavy atom. The molecule has 3 aliphatic heterocycles. The van der Waals surface area contributed by atoms with Crippen LogP contribution in [0.2, 0.25) is 0 Å². The quantitative estimate of drug-likeness (QED) is 0.604. The summed E-state index contributed by atoms with van der Waals surface area (Å²) in [5, 5.41) is 9.00. The summed E-state index contributed by atoms with van der Waals surface area (Å²) < 4.78 is 5.67. The van der Waals surface area contributed by atoms with Crippen molar-refractivity contribution in [1.29, 1.82) is 0 Å². The van der Waals surface area contributed by atoms with Gasteiger partial charge in [-0.2, -0.15) is 0 Å². The molecular weight excluding hydrogens is 348 g/mol. The SMILES string of the molecule is O=C1CCC(N2Cc3cccc(CNCC4CNCCO4)c3C2=O)C(=O)N1. The predicted molar refractivity (Wildman–Crippen MR) is 96.8 cm³/mol. The van der Waals surface area contributed by atoms with E-state index in [1.54, 1.807) is 4.90 Å². The first-order valence-electron chi connectivity index (χ1n) is 9.42. The van der Waals surface area contributed by atoms with Gasteiger partial charge in [0, 0.05) is 44.7 Å². The van der Waals surface area contributed by atoms with Crippen molar-refractivity contribution < 1.29 is 19.1 Å². The molecule has 0 aromatic heterocycles. The average Bonchev–Trinajstić information content (AvgIpc) is 3.00. The topological polar surface area (TPSA) is 99.8 Å². The predicted octanol–water partition coefficient (Wildman–Crippen LogP) is -0.474. The number of nitrogens with zero attached hydrogens (tertiary/aromatic N) is 1. The Kier molecular flexibility index (Phi) is 5.20. The molecule has 27 heavy (non-hydrogen) atoms. The molecule has 3 aliphatic rings. The van der Waals surface area contributed by atoms with E-state index in [9.17, 15) is 14.4 Å². The number of morpholine rings is 1. The molecule has 1 aromatic carbocycles. The maximum Gasteiger partial charge on any atom is 0.255 e. The lowest BCUT2D eigenvalue weighted by Crippen LogP contribution is -2.52. The van der Waals surface area contributed by atoms with Gasteiger partial charge in [-0.05, 0) is 17.5 Å². The molecule has 0 spiro atoms. The molecule has 0 saturated carbocycles. The summed E-state index contributed by atoms with van der Waals surface area (Å²) in [6.07, 6.45) is 0.774. The summed E-state index contributed by atoms with van der Waals surface area (Å²) in [5.41, 5.74) is 2.54. The fourth-order valence-corrected chi connectivity index (χ4v) is 3.96. The normalized spacial score (nSPS) is 25.5. The molecule has 0 bridgehead atoms. The van der Waals surface area contributed by atoms with Gasteiger partial charge in [-0.25, -0.2) is 0 Å². The molecule has 3 amide bonds. The number of nitrogens with one attached hydrogen (secondary N) is 3. The zero-order valence-electron chi connectivity index (χ0n) is 15.1. The number of amides is 3. The van der Waals surface area contributed by atoms with Crippen molar-refractivity contribution in [3.05, 3.63) is 34.9 Å². The second-order valence-corrected chi connectivity index (χ2v) is 7.18. The van der Waals surface area contributed by atoms with Crippen molar-refractivity contribution in [1.82, 2.24) is 20.9 Å². The van der Waals surface area contributed by atoms with Crippen molar-refractivity contribution in [2.45, 2.75) is 38.1 Å². The van der Waals surface area contributed by atoms with E-state index in [1.165, 1.54) is 0 Å². The zero-order valence-corrected chi connectivity index (χ0v) is 15.1. The van der Waals surface area contributed by atoms with Crippen LogP contribution in [-0.4, -0.2) is 61.0 Å². The molecule has 2 atom stereocenters. The van der Waals surface area contributed by atoms with E-state index < -0.39 is 6.04 Å². The van der Waals surface area contributed by atoms with Crippen molar-refractivity contribution in [2.24, 2.45) is 0 Å². The molecule has 0 radical (unpaired) electrons. The number of imide groups is 1. The number of fused-ring (bicyclic) bond motifs is 1. The molecule has 3 heterocycles. The van der Waals surface area contributed by atoms with Crippen LogP contribution in [-0.2, 0) is 27.4 Å². The lowest BCUT2D eigenvalue weighted by molar-refractivity contribution is -0.136. The van der Waals surface area contributed by atoms with Gasteiger partial charge in [-0.3, -0.25) is 19.7 Å². The van der Waals surface area contributed by atoms with E-state index >= 15 is 0 Å². The van der Waals surface area contributed by atoms with Gasteiger partial charge < -0.3 is 20.3 Å². The minimum atomic E-state index is -0.579. The molecule has 3 N–H and O–H groups in total. The van der Waals surface area contributed by atoms with Crippen LogP contribution in [0, 0.1) is 0 Å². The first-order valence-corrected chi connectivity index (χ1v) is 9.42. The number of carbonyl (C=O) groups is 3. The van der Waals surface area contributed by atoms with Crippen LogP contribution >= 0.6 is 0 Å². The fourth-order valence-electron chi connectivity index (χ4n) is 3.96. The van der Waals surface area contributed by atoms with E-state index in [0.717, 1.165) is 24.2 Å². The molecule has 144 valence electrons. The van der Waals surface area contributed by atoms with Gasteiger partial charge in [0.1, 0.15) is 6.04 Å². The Hall–Kier alpha value is -2.29. The molecule has 2 unspecified atom stereocenters. The van der Waals surface area contributed by atoms with Crippen LogP contribution < -0.4 is 16.0 Å². The van der Waals surface area contributed by atoms with Gasteiger partial charge in [-0.15, -0.1) is 0 Å². The van der Waals surface area contributed by atoms with Gasteiger partial charge in [0.2, 0.25) is 11.8 Å². The van der Waals surface area contributed by atoms with Gasteiger partial charge in [0.15, 0.2) is 0 Å². The number of ether oxygens (including phenoxy) is 1. The first kappa shape index (κ1) is 18.1. The molecule has 8 nitrogen and oxygen atoms in total. The number of hydrogen-bond donors (Lipinski definition) is 3. The Morgan fingerprint density at radius 1 is 1.26 bits per heavy atom. The van der Waals surface area contributed by atoms with E-state index in [4.69, 9.17) is 4.74 Å². The summed E-state index contributed by atoms with van der Waals surface area (Å²) in [5.74, 6) is -0.786. The van der Waals surface area contributed by atoms with Gasteiger partial charge in [0.05, 0.1) is 12.7 Å². The van der Waals surface area contributed by atoms with Crippen LogP contribution in [0.4, 0.5) is 0 Å². The Balaban J connectivity index is 1.43. The Morgan fingerprint density at radius 2 is 2.15 bits per heavy atom. The summed E-state index contributed by atoms with van der Waals surface area (Å²) in [6.45, 7) is 4.10. The highest BCUT2D eigenvalue weighted by molar-refractivity contribution is 6.05. The first-order chi connectivity index (χ1) is 13.1. The van der Waals surface area contributed by atoms with Crippen LogP contribution in [0.5, 0.6) is 0 Å². The zero-order chi connectivity index (χ0) is 18.8. The Labute approximate surface area is 157 Å². The molecule has 8 heteroatoms. The van der Waals surface area contributed by atoms with E-state index in [1.807, 2.05) is 18.2 Å². The number of benzene rings is 1. The number of carbonyl (C=O) groups excluding carboxylic acids is 3.